The van der Waals surface area contributed by atoms with E-state index in [0.29, 0.717) is 35.0 Å². The number of nitrogens with zero attached hydrogens (tertiary/aromatic N) is 1. The molecule has 7 heteroatoms. The average molecular weight is 476 g/mol. The van der Waals surface area contributed by atoms with E-state index in [4.69, 9.17) is 13.9 Å². The van der Waals surface area contributed by atoms with Crippen LogP contribution in [-0.2, 0) is 16.1 Å². The molecule has 0 radical (unpaired) electrons. The Morgan fingerprint density at radius 2 is 1.91 bits per heavy atom. The summed E-state index contributed by atoms with van der Waals surface area (Å²) >= 11 is 0. The highest BCUT2D eigenvalue weighted by molar-refractivity contribution is 6.46. The second kappa shape index (κ2) is 10.1. The number of aliphatic hydroxyl groups excluding tert-OH is 1. The summed E-state index contributed by atoms with van der Waals surface area (Å²) in [5.74, 6) is 0.142. The molecule has 1 saturated heterocycles. The molecule has 0 aliphatic carbocycles. The third-order valence-electron chi connectivity index (χ3n) is 5.74. The number of ether oxygens (including phenoxy) is 2. The van der Waals surface area contributed by atoms with Crippen molar-refractivity contribution in [3.05, 3.63) is 88.9 Å². The van der Waals surface area contributed by atoms with E-state index in [1.54, 1.807) is 42.5 Å². The number of furan rings is 1. The zero-order valence-electron chi connectivity index (χ0n) is 20.3. The smallest absolute Gasteiger partial charge is 0.296 e. The van der Waals surface area contributed by atoms with Gasteiger partial charge in [-0.05, 0) is 81.3 Å². The highest BCUT2D eigenvalue weighted by Gasteiger charge is 2.46. The molecule has 0 spiro atoms. The van der Waals surface area contributed by atoms with Crippen molar-refractivity contribution in [2.45, 2.75) is 46.4 Å². The first-order chi connectivity index (χ1) is 16.8. The Morgan fingerprint density at radius 1 is 1.11 bits per heavy atom. The Balaban J connectivity index is 1.83. The minimum atomic E-state index is -0.813. The molecule has 1 aliphatic heterocycles. The van der Waals surface area contributed by atoms with Crippen LogP contribution in [-0.4, -0.2) is 34.4 Å². The summed E-state index contributed by atoms with van der Waals surface area (Å²) in [4.78, 5) is 27.8. The van der Waals surface area contributed by atoms with Crippen molar-refractivity contribution in [3.8, 4) is 11.5 Å². The Hall–Kier alpha value is -4.00. The number of ketones is 1. The number of aliphatic hydroxyl groups is 1. The number of aryl methyl sites for hydroxylation is 1. The number of hydrogen-bond donors (Lipinski definition) is 1. The van der Waals surface area contributed by atoms with E-state index in [0.717, 1.165) is 5.56 Å². The van der Waals surface area contributed by atoms with Gasteiger partial charge in [-0.25, -0.2) is 0 Å². The van der Waals surface area contributed by atoms with Crippen LogP contribution in [0.15, 0.2) is 70.9 Å². The van der Waals surface area contributed by atoms with E-state index in [1.807, 2.05) is 39.8 Å². The summed E-state index contributed by atoms with van der Waals surface area (Å²) in [6, 6.07) is 15.1. The second-order valence-corrected chi connectivity index (χ2v) is 8.66. The molecule has 1 atom stereocenters. The van der Waals surface area contributed by atoms with Crippen molar-refractivity contribution < 1.29 is 28.6 Å². The molecule has 0 bridgehead atoms. The molecule has 1 aliphatic rings. The number of Topliss-reactive ketones (excluding diaryl/α,β-unsaturated/α-hetero) is 1. The molecule has 0 saturated carbocycles. The first-order valence-electron chi connectivity index (χ1n) is 11.6. The minimum absolute atomic E-state index is 0.00214. The third kappa shape index (κ3) is 4.94. The van der Waals surface area contributed by atoms with Crippen LogP contribution in [0.1, 0.15) is 49.3 Å². The van der Waals surface area contributed by atoms with Gasteiger partial charge in [0.2, 0.25) is 0 Å². The number of carbonyl (C=O) groups excluding carboxylic acids is 2. The molecular formula is C28H29NO6. The van der Waals surface area contributed by atoms with Gasteiger partial charge in [0, 0.05) is 5.56 Å². The van der Waals surface area contributed by atoms with Gasteiger partial charge in [0.15, 0.2) is 0 Å². The van der Waals surface area contributed by atoms with Crippen LogP contribution in [0.5, 0.6) is 11.5 Å². The van der Waals surface area contributed by atoms with Crippen LogP contribution >= 0.6 is 0 Å². The highest BCUT2D eigenvalue weighted by atomic mass is 16.5. The van der Waals surface area contributed by atoms with E-state index in [-0.39, 0.29) is 24.0 Å². The first-order valence-corrected chi connectivity index (χ1v) is 11.6. The van der Waals surface area contributed by atoms with Crippen molar-refractivity contribution in [1.29, 1.82) is 0 Å². The molecule has 1 N–H and O–H groups in total. The minimum Gasteiger partial charge on any atom is -0.507 e. The van der Waals surface area contributed by atoms with Crippen LogP contribution in [0.4, 0.5) is 0 Å². The largest absolute Gasteiger partial charge is 0.507 e. The van der Waals surface area contributed by atoms with Crippen molar-refractivity contribution in [3.63, 3.8) is 0 Å². The fourth-order valence-electron chi connectivity index (χ4n) is 4.24. The SMILES string of the molecule is CCOc1cccc(C2/C(=C(\O)c3ccc(OC(C)C)c(C)c3)C(=O)C(=O)N2Cc2ccco2)c1. The van der Waals surface area contributed by atoms with Crippen molar-refractivity contribution in [2.75, 3.05) is 6.61 Å². The van der Waals surface area contributed by atoms with Crippen molar-refractivity contribution in [1.82, 2.24) is 4.90 Å². The molecule has 35 heavy (non-hydrogen) atoms. The van der Waals surface area contributed by atoms with Gasteiger partial charge in [-0.15, -0.1) is 0 Å². The average Bonchev–Trinajstić information content (AvgIpc) is 3.42. The quantitative estimate of drug-likeness (QED) is 0.267. The monoisotopic (exact) mass is 475 g/mol. The zero-order valence-corrected chi connectivity index (χ0v) is 20.3. The molecule has 1 fully saturated rings. The number of amides is 1. The van der Waals surface area contributed by atoms with Gasteiger partial charge >= 0.3 is 0 Å². The predicted octanol–water partition coefficient (Wildman–Crippen LogP) is 5.40. The van der Waals surface area contributed by atoms with Crippen LogP contribution in [0.25, 0.3) is 5.76 Å². The Labute approximate surface area is 204 Å². The van der Waals surface area contributed by atoms with Gasteiger partial charge in [0.1, 0.15) is 23.0 Å². The molecule has 1 unspecified atom stereocenters. The normalized spacial score (nSPS) is 17.3. The fraction of sp³-hybridized carbons (Fsp3) is 0.286. The van der Waals surface area contributed by atoms with E-state index in [1.165, 1.54) is 11.2 Å². The summed E-state index contributed by atoms with van der Waals surface area (Å²) in [5.41, 5.74) is 1.91. The fourth-order valence-corrected chi connectivity index (χ4v) is 4.24. The van der Waals surface area contributed by atoms with Gasteiger partial charge in [0.05, 0.1) is 37.1 Å². The number of likely N-dealkylation sites (tertiary alicyclic amines) is 1. The number of hydrogen-bond acceptors (Lipinski definition) is 6. The van der Waals surface area contributed by atoms with Gasteiger partial charge < -0.3 is 23.9 Å². The van der Waals surface area contributed by atoms with E-state index >= 15 is 0 Å². The molecule has 4 rings (SSSR count). The van der Waals surface area contributed by atoms with Crippen LogP contribution < -0.4 is 9.47 Å². The second-order valence-electron chi connectivity index (χ2n) is 8.66. The Kier molecular flexibility index (Phi) is 6.96. The Morgan fingerprint density at radius 3 is 2.57 bits per heavy atom. The van der Waals surface area contributed by atoms with Crippen LogP contribution in [0.3, 0.4) is 0 Å². The molecule has 1 aromatic heterocycles. The molecule has 3 aromatic rings. The van der Waals surface area contributed by atoms with Gasteiger partial charge in [-0.2, -0.15) is 0 Å². The zero-order chi connectivity index (χ0) is 25.1. The first kappa shape index (κ1) is 24.1. The maximum atomic E-state index is 13.3. The molecular weight excluding hydrogens is 446 g/mol. The van der Waals surface area contributed by atoms with Crippen LogP contribution in [0, 0.1) is 6.92 Å². The molecule has 7 nitrogen and oxygen atoms in total. The lowest BCUT2D eigenvalue weighted by Gasteiger charge is -2.25. The highest BCUT2D eigenvalue weighted by Crippen LogP contribution is 2.41. The van der Waals surface area contributed by atoms with Gasteiger partial charge in [-0.1, -0.05) is 12.1 Å². The lowest BCUT2D eigenvalue weighted by molar-refractivity contribution is -0.140. The Bertz CT molecular complexity index is 1260. The molecule has 2 heterocycles. The van der Waals surface area contributed by atoms with Crippen molar-refractivity contribution >= 4 is 17.4 Å². The molecule has 182 valence electrons. The van der Waals surface area contributed by atoms with E-state index < -0.39 is 17.7 Å². The van der Waals surface area contributed by atoms with E-state index in [9.17, 15) is 14.7 Å². The lowest BCUT2D eigenvalue weighted by Crippen LogP contribution is -2.29. The number of carbonyl (C=O) groups is 2. The molecule has 2 aromatic carbocycles. The lowest BCUT2D eigenvalue weighted by atomic mass is 9.94. The summed E-state index contributed by atoms with van der Waals surface area (Å²) in [7, 11) is 0. The number of rotatable bonds is 8. The van der Waals surface area contributed by atoms with E-state index in [2.05, 4.69) is 0 Å². The van der Waals surface area contributed by atoms with Crippen molar-refractivity contribution in [2.24, 2.45) is 0 Å². The number of benzene rings is 2. The van der Waals surface area contributed by atoms with Gasteiger partial charge in [-0.3, -0.25) is 9.59 Å². The summed E-state index contributed by atoms with van der Waals surface area (Å²) in [6.07, 6.45) is 1.51. The maximum absolute atomic E-state index is 13.3. The predicted molar refractivity (Wildman–Crippen MR) is 131 cm³/mol. The summed E-state index contributed by atoms with van der Waals surface area (Å²) in [6.45, 7) is 8.17. The standard InChI is InChI=1S/C28H29NO6/c1-5-33-21-9-6-8-19(15-21)25-24(27(31)28(32)29(25)16-22-10-7-13-34-22)26(30)20-11-12-23(18(4)14-20)35-17(2)3/h6-15,17,25,30H,5,16H2,1-4H3/b26-24+. The summed E-state index contributed by atoms with van der Waals surface area (Å²) in [5, 5.41) is 11.3. The third-order valence-corrected chi connectivity index (χ3v) is 5.74. The summed E-state index contributed by atoms with van der Waals surface area (Å²) < 4.78 is 16.9. The topological polar surface area (TPSA) is 89.2 Å². The van der Waals surface area contributed by atoms with Crippen LogP contribution in [0.2, 0.25) is 0 Å². The molecule has 1 amide bonds. The maximum Gasteiger partial charge on any atom is 0.296 e. The van der Waals surface area contributed by atoms with Gasteiger partial charge in [0.25, 0.3) is 11.7 Å².